The first-order valence-corrected chi connectivity index (χ1v) is 7.24. The summed E-state index contributed by atoms with van der Waals surface area (Å²) in [6, 6.07) is 0. The molecule has 0 saturated heterocycles. The molecule has 1 aliphatic carbocycles. The Balaban J connectivity index is 2.63. The first-order chi connectivity index (χ1) is 8.30. The van der Waals surface area contributed by atoms with Crippen LogP contribution < -0.4 is 0 Å². The molecule has 18 heavy (non-hydrogen) atoms. The molecule has 1 fully saturated rings. The van der Waals surface area contributed by atoms with Gasteiger partial charge in [-0.25, -0.2) is 0 Å². The maximum Gasteiger partial charge on any atom is 0.311 e. The first-order valence-electron chi connectivity index (χ1n) is 7.24. The second kappa shape index (κ2) is 5.60. The van der Waals surface area contributed by atoms with Gasteiger partial charge in [-0.05, 0) is 46.0 Å². The summed E-state index contributed by atoms with van der Waals surface area (Å²) in [4.78, 5) is 12.0. The summed E-state index contributed by atoms with van der Waals surface area (Å²) < 4.78 is 5.61. The number of hydrogen-bond donors (Lipinski definition) is 1. The lowest BCUT2D eigenvalue weighted by molar-refractivity contribution is -0.184. The van der Waals surface area contributed by atoms with Crippen molar-refractivity contribution in [1.82, 2.24) is 0 Å². The minimum atomic E-state index is -0.667. The zero-order valence-electron chi connectivity index (χ0n) is 12.5. The topological polar surface area (TPSA) is 46.5 Å². The monoisotopic (exact) mass is 256 g/mol. The van der Waals surface area contributed by atoms with Crippen LogP contribution in [-0.4, -0.2) is 22.8 Å². The molecular formula is C15H28O3. The largest absolute Gasteiger partial charge is 0.462 e. The summed E-state index contributed by atoms with van der Waals surface area (Å²) >= 11 is 0. The zero-order valence-corrected chi connectivity index (χ0v) is 12.5. The van der Waals surface area contributed by atoms with Crippen LogP contribution in [0.1, 0.15) is 66.7 Å². The Labute approximate surface area is 111 Å². The van der Waals surface area contributed by atoms with Crippen LogP contribution in [0.15, 0.2) is 0 Å². The molecule has 0 amide bonds. The van der Waals surface area contributed by atoms with Crippen molar-refractivity contribution in [3.05, 3.63) is 0 Å². The minimum Gasteiger partial charge on any atom is -0.462 e. The van der Waals surface area contributed by atoms with Crippen LogP contribution in [0.4, 0.5) is 0 Å². The first kappa shape index (κ1) is 15.5. The standard InChI is InChI=1S/C15H28O3/c1-6-14(4,5)13(16)18-12-10-9-11(12)15(17,7-2)8-3/h11-12,17H,6-10H2,1-5H3. The molecule has 2 atom stereocenters. The summed E-state index contributed by atoms with van der Waals surface area (Å²) in [7, 11) is 0. The van der Waals surface area contributed by atoms with Gasteiger partial charge in [-0.2, -0.15) is 0 Å². The van der Waals surface area contributed by atoms with Crippen molar-refractivity contribution < 1.29 is 14.6 Å². The van der Waals surface area contributed by atoms with E-state index in [9.17, 15) is 9.90 Å². The van der Waals surface area contributed by atoms with Crippen molar-refractivity contribution >= 4 is 5.97 Å². The third kappa shape index (κ3) is 2.87. The molecule has 2 unspecified atom stereocenters. The highest BCUT2D eigenvalue weighted by Gasteiger charge is 2.47. The van der Waals surface area contributed by atoms with Crippen LogP contribution in [-0.2, 0) is 9.53 Å². The van der Waals surface area contributed by atoms with Crippen molar-refractivity contribution in [2.45, 2.75) is 78.4 Å². The number of ether oxygens (including phenoxy) is 1. The molecule has 0 bridgehead atoms. The maximum atomic E-state index is 12.0. The van der Waals surface area contributed by atoms with Crippen molar-refractivity contribution in [1.29, 1.82) is 0 Å². The molecule has 0 aromatic heterocycles. The molecule has 1 N–H and O–H groups in total. The van der Waals surface area contributed by atoms with E-state index in [2.05, 4.69) is 0 Å². The Morgan fingerprint density at radius 1 is 1.17 bits per heavy atom. The van der Waals surface area contributed by atoms with E-state index in [-0.39, 0.29) is 18.0 Å². The fraction of sp³-hybridized carbons (Fsp3) is 0.933. The van der Waals surface area contributed by atoms with Crippen LogP contribution in [0.25, 0.3) is 0 Å². The minimum absolute atomic E-state index is 0.0896. The van der Waals surface area contributed by atoms with Gasteiger partial charge >= 0.3 is 5.97 Å². The Morgan fingerprint density at radius 3 is 2.06 bits per heavy atom. The number of esters is 1. The molecular weight excluding hydrogens is 228 g/mol. The summed E-state index contributed by atoms with van der Waals surface area (Å²) in [5.41, 5.74) is -1.09. The van der Waals surface area contributed by atoms with Crippen molar-refractivity contribution in [2.24, 2.45) is 11.3 Å². The average Bonchev–Trinajstić information content (AvgIpc) is 2.33. The Kier molecular flexibility index (Phi) is 4.82. The summed E-state index contributed by atoms with van der Waals surface area (Å²) in [5.74, 6) is -0.0154. The molecule has 0 spiro atoms. The molecule has 1 aliphatic rings. The van der Waals surface area contributed by atoms with Crippen molar-refractivity contribution in [3.63, 3.8) is 0 Å². The van der Waals surface area contributed by atoms with Crippen LogP contribution in [0.5, 0.6) is 0 Å². The average molecular weight is 256 g/mol. The molecule has 1 rings (SSSR count). The lowest BCUT2D eigenvalue weighted by Gasteiger charge is -2.46. The van der Waals surface area contributed by atoms with E-state index in [0.29, 0.717) is 0 Å². The lowest BCUT2D eigenvalue weighted by atomic mass is 9.68. The van der Waals surface area contributed by atoms with Gasteiger partial charge in [0.2, 0.25) is 0 Å². The molecule has 0 aromatic rings. The second-order valence-corrected chi connectivity index (χ2v) is 6.18. The van der Waals surface area contributed by atoms with Gasteiger partial charge in [0.15, 0.2) is 0 Å². The molecule has 3 heteroatoms. The molecule has 0 heterocycles. The summed E-state index contributed by atoms with van der Waals surface area (Å²) in [5, 5.41) is 10.5. The second-order valence-electron chi connectivity index (χ2n) is 6.18. The van der Waals surface area contributed by atoms with Gasteiger partial charge in [-0.15, -0.1) is 0 Å². The van der Waals surface area contributed by atoms with Gasteiger partial charge in [0.05, 0.1) is 11.0 Å². The van der Waals surface area contributed by atoms with Crippen LogP contribution >= 0.6 is 0 Å². The summed E-state index contributed by atoms with van der Waals surface area (Å²) in [6.45, 7) is 9.81. The number of hydrogen-bond acceptors (Lipinski definition) is 3. The van der Waals surface area contributed by atoms with E-state index in [1.807, 2.05) is 34.6 Å². The zero-order chi connectivity index (χ0) is 14.0. The third-order valence-electron chi connectivity index (χ3n) is 4.82. The third-order valence-corrected chi connectivity index (χ3v) is 4.82. The number of rotatable bonds is 6. The highest BCUT2D eigenvalue weighted by Crippen LogP contribution is 2.43. The quantitative estimate of drug-likeness (QED) is 0.742. The molecule has 0 radical (unpaired) electrons. The Bertz CT molecular complexity index is 292. The smallest absolute Gasteiger partial charge is 0.311 e. The molecule has 1 saturated carbocycles. The van der Waals surface area contributed by atoms with Gasteiger partial charge in [-0.1, -0.05) is 20.8 Å². The maximum absolute atomic E-state index is 12.0. The van der Waals surface area contributed by atoms with Crippen LogP contribution in [0.2, 0.25) is 0 Å². The highest BCUT2D eigenvalue weighted by molar-refractivity contribution is 5.76. The number of carbonyl (C=O) groups is 1. The van der Waals surface area contributed by atoms with E-state index in [1.54, 1.807) is 0 Å². The molecule has 3 nitrogen and oxygen atoms in total. The van der Waals surface area contributed by atoms with E-state index in [1.165, 1.54) is 0 Å². The summed E-state index contributed by atoms with van der Waals surface area (Å²) in [6.07, 6.45) is 3.97. The predicted octanol–water partition coefficient (Wildman–Crippen LogP) is 3.30. The van der Waals surface area contributed by atoms with Gasteiger partial charge in [0.25, 0.3) is 0 Å². The lowest BCUT2D eigenvalue weighted by Crippen LogP contribution is -2.52. The molecule has 0 aliphatic heterocycles. The van der Waals surface area contributed by atoms with Crippen molar-refractivity contribution in [3.8, 4) is 0 Å². The number of carbonyl (C=O) groups excluding carboxylic acids is 1. The fourth-order valence-corrected chi connectivity index (χ4v) is 2.44. The SMILES string of the molecule is CCC(C)(C)C(=O)OC1CCC1C(O)(CC)CC. The van der Waals surface area contributed by atoms with E-state index >= 15 is 0 Å². The fourth-order valence-electron chi connectivity index (χ4n) is 2.44. The predicted molar refractivity (Wildman–Crippen MR) is 72.2 cm³/mol. The van der Waals surface area contributed by atoms with Gasteiger partial charge < -0.3 is 9.84 Å². The van der Waals surface area contributed by atoms with E-state index < -0.39 is 11.0 Å². The van der Waals surface area contributed by atoms with Crippen LogP contribution in [0.3, 0.4) is 0 Å². The van der Waals surface area contributed by atoms with Gasteiger partial charge in [0.1, 0.15) is 6.10 Å². The Hall–Kier alpha value is -0.570. The highest BCUT2D eigenvalue weighted by atomic mass is 16.5. The normalized spacial score (nSPS) is 24.6. The van der Waals surface area contributed by atoms with E-state index in [4.69, 9.17) is 4.74 Å². The Morgan fingerprint density at radius 2 is 1.72 bits per heavy atom. The molecule has 0 aromatic carbocycles. The van der Waals surface area contributed by atoms with Crippen LogP contribution in [0, 0.1) is 11.3 Å². The number of aliphatic hydroxyl groups is 1. The van der Waals surface area contributed by atoms with Gasteiger partial charge in [-0.3, -0.25) is 4.79 Å². The van der Waals surface area contributed by atoms with Crippen molar-refractivity contribution in [2.75, 3.05) is 0 Å². The van der Waals surface area contributed by atoms with E-state index in [0.717, 1.165) is 32.1 Å². The molecule has 106 valence electrons. The van der Waals surface area contributed by atoms with Gasteiger partial charge in [0, 0.05) is 5.92 Å².